The van der Waals surface area contributed by atoms with Gasteiger partial charge in [0.2, 0.25) is 0 Å². The van der Waals surface area contributed by atoms with Gasteiger partial charge in [-0.3, -0.25) is 0 Å². The largest absolute Gasteiger partial charge is 0.465 e. The van der Waals surface area contributed by atoms with Crippen LogP contribution >= 0.6 is 0 Å². The number of amides is 1. The minimum atomic E-state index is -0.939. The molecule has 104 valence electrons. The number of ether oxygens (including phenoxy) is 1. The lowest BCUT2D eigenvalue weighted by Crippen LogP contribution is -2.54. The standard InChI is InChI=1S/C12H22N2O4/c13-9-1-2-10(14(8-9)11(15)16)7-12(17)3-5-18-6-4-12/h9-10,17H,1-8,13H2,(H,15,16)/t9-,10-/m1/s1. The Labute approximate surface area is 107 Å². The number of rotatable bonds is 2. The lowest BCUT2D eigenvalue weighted by molar-refractivity contribution is -0.0818. The molecule has 0 aliphatic carbocycles. The number of hydrogen-bond donors (Lipinski definition) is 3. The number of nitrogens with zero attached hydrogens (tertiary/aromatic N) is 1. The molecule has 4 N–H and O–H groups in total. The Hall–Kier alpha value is -0.850. The van der Waals surface area contributed by atoms with Crippen LogP contribution in [0.5, 0.6) is 0 Å². The van der Waals surface area contributed by atoms with Crippen molar-refractivity contribution in [2.45, 2.75) is 49.8 Å². The number of carboxylic acid groups (broad SMARTS) is 1. The lowest BCUT2D eigenvalue weighted by atomic mass is 9.83. The van der Waals surface area contributed by atoms with E-state index in [2.05, 4.69) is 0 Å². The molecular formula is C12H22N2O4. The van der Waals surface area contributed by atoms with Gasteiger partial charge in [0.15, 0.2) is 0 Å². The van der Waals surface area contributed by atoms with Crippen molar-refractivity contribution in [3.63, 3.8) is 0 Å². The minimum Gasteiger partial charge on any atom is -0.465 e. The summed E-state index contributed by atoms with van der Waals surface area (Å²) in [5, 5.41) is 19.7. The van der Waals surface area contributed by atoms with Gasteiger partial charge in [0.25, 0.3) is 0 Å². The highest BCUT2D eigenvalue weighted by molar-refractivity contribution is 5.65. The molecule has 0 aromatic carbocycles. The molecule has 2 rings (SSSR count). The van der Waals surface area contributed by atoms with Crippen LogP contribution in [0.15, 0.2) is 0 Å². The van der Waals surface area contributed by atoms with Crippen molar-refractivity contribution in [3.8, 4) is 0 Å². The first-order valence-electron chi connectivity index (χ1n) is 6.55. The molecule has 2 heterocycles. The minimum absolute atomic E-state index is 0.0818. The predicted molar refractivity (Wildman–Crippen MR) is 65.3 cm³/mol. The van der Waals surface area contributed by atoms with Crippen LogP contribution < -0.4 is 5.73 Å². The molecule has 2 saturated heterocycles. The molecule has 0 saturated carbocycles. The zero-order chi connectivity index (χ0) is 13.2. The maximum atomic E-state index is 11.2. The third kappa shape index (κ3) is 3.13. The first kappa shape index (κ1) is 13.6. The second kappa shape index (κ2) is 5.42. The van der Waals surface area contributed by atoms with E-state index in [1.807, 2.05) is 0 Å². The second-order valence-electron chi connectivity index (χ2n) is 5.47. The van der Waals surface area contributed by atoms with Crippen LogP contribution in [0.25, 0.3) is 0 Å². The van der Waals surface area contributed by atoms with E-state index in [-0.39, 0.29) is 12.1 Å². The Morgan fingerprint density at radius 3 is 2.67 bits per heavy atom. The van der Waals surface area contributed by atoms with E-state index in [1.165, 1.54) is 4.90 Å². The van der Waals surface area contributed by atoms with Gasteiger partial charge in [-0.05, 0) is 32.1 Å². The van der Waals surface area contributed by atoms with Gasteiger partial charge in [-0.2, -0.15) is 0 Å². The molecule has 0 aromatic heterocycles. The molecular weight excluding hydrogens is 236 g/mol. The van der Waals surface area contributed by atoms with Gasteiger partial charge in [-0.25, -0.2) is 4.79 Å². The van der Waals surface area contributed by atoms with E-state index in [9.17, 15) is 15.0 Å². The molecule has 6 heteroatoms. The van der Waals surface area contributed by atoms with Crippen LogP contribution in [0.4, 0.5) is 4.79 Å². The average molecular weight is 258 g/mol. The van der Waals surface area contributed by atoms with Crippen LogP contribution in [0.3, 0.4) is 0 Å². The summed E-state index contributed by atoms with van der Waals surface area (Å²) < 4.78 is 5.24. The summed E-state index contributed by atoms with van der Waals surface area (Å²) in [6, 6.07) is -0.202. The van der Waals surface area contributed by atoms with E-state index in [0.29, 0.717) is 39.0 Å². The van der Waals surface area contributed by atoms with Crippen molar-refractivity contribution in [2.75, 3.05) is 19.8 Å². The molecule has 1 amide bonds. The van der Waals surface area contributed by atoms with Crippen LogP contribution in [-0.4, -0.2) is 58.6 Å². The summed E-state index contributed by atoms with van der Waals surface area (Å²) >= 11 is 0. The number of likely N-dealkylation sites (tertiary alicyclic amines) is 1. The van der Waals surface area contributed by atoms with Crippen molar-refractivity contribution in [1.29, 1.82) is 0 Å². The molecule has 0 unspecified atom stereocenters. The molecule has 0 spiro atoms. The first-order valence-corrected chi connectivity index (χ1v) is 6.55. The third-order valence-corrected chi connectivity index (χ3v) is 4.03. The number of aliphatic hydroxyl groups is 1. The Morgan fingerprint density at radius 2 is 2.06 bits per heavy atom. The van der Waals surface area contributed by atoms with E-state index in [4.69, 9.17) is 10.5 Å². The fraction of sp³-hybridized carbons (Fsp3) is 0.917. The summed E-state index contributed by atoms with van der Waals surface area (Å²) in [4.78, 5) is 12.6. The van der Waals surface area contributed by atoms with Gasteiger partial charge in [-0.1, -0.05) is 0 Å². The Morgan fingerprint density at radius 1 is 1.39 bits per heavy atom. The molecule has 2 fully saturated rings. The van der Waals surface area contributed by atoms with E-state index >= 15 is 0 Å². The average Bonchev–Trinajstić information content (AvgIpc) is 2.32. The van der Waals surface area contributed by atoms with E-state index in [1.54, 1.807) is 0 Å². The summed E-state index contributed by atoms with van der Waals surface area (Å²) in [5.74, 6) is 0. The van der Waals surface area contributed by atoms with Crippen LogP contribution in [0.1, 0.15) is 32.1 Å². The number of nitrogens with two attached hydrogens (primary N) is 1. The van der Waals surface area contributed by atoms with Gasteiger partial charge in [0.05, 0.1) is 5.60 Å². The summed E-state index contributed by atoms with van der Waals surface area (Å²) in [7, 11) is 0. The summed E-state index contributed by atoms with van der Waals surface area (Å²) in [6.07, 6.45) is 2.28. The van der Waals surface area contributed by atoms with E-state index < -0.39 is 11.7 Å². The molecule has 2 aliphatic heterocycles. The Kier molecular flexibility index (Phi) is 4.09. The fourth-order valence-corrected chi connectivity index (χ4v) is 2.90. The number of piperidine rings is 1. The molecule has 6 nitrogen and oxygen atoms in total. The van der Waals surface area contributed by atoms with Crippen molar-refractivity contribution >= 4 is 6.09 Å². The van der Waals surface area contributed by atoms with Crippen LogP contribution in [0, 0.1) is 0 Å². The van der Waals surface area contributed by atoms with Crippen molar-refractivity contribution in [1.82, 2.24) is 4.90 Å². The predicted octanol–water partition coefficient (Wildman–Crippen LogP) is 0.388. The highest BCUT2D eigenvalue weighted by Crippen LogP contribution is 2.31. The Balaban J connectivity index is 1.99. The summed E-state index contributed by atoms with van der Waals surface area (Å²) in [6.45, 7) is 1.47. The fourth-order valence-electron chi connectivity index (χ4n) is 2.90. The zero-order valence-corrected chi connectivity index (χ0v) is 10.5. The second-order valence-corrected chi connectivity index (χ2v) is 5.47. The maximum absolute atomic E-state index is 11.2. The molecule has 2 atom stereocenters. The summed E-state index contributed by atoms with van der Waals surface area (Å²) in [5.41, 5.74) is 5.02. The first-order chi connectivity index (χ1) is 8.50. The molecule has 0 radical (unpaired) electrons. The van der Waals surface area contributed by atoms with Crippen LogP contribution in [-0.2, 0) is 4.74 Å². The van der Waals surface area contributed by atoms with Crippen molar-refractivity contribution in [3.05, 3.63) is 0 Å². The zero-order valence-electron chi connectivity index (χ0n) is 10.5. The highest BCUT2D eigenvalue weighted by Gasteiger charge is 2.38. The molecule has 18 heavy (non-hydrogen) atoms. The monoisotopic (exact) mass is 258 g/mol. The highest BCUT2D eigenvalue weighted by atomic mass is 16.5. The third-order valence-electron chi connectivity index (χ3n) is 4.03. The van der Waals surface area contributed by atoms with Gasteiger partial charge < -0.3 is 25.6 Å². The molecule has 0 bridgehead atoms. The number of hydrogen-bond acceptors (Lipinski definition) is 4. The SMILES string of the molecule is N[C@@H]1CC[C@H](CC2(O)CCOCC2)N(C(=O)O)C1. The number of carbonyl (C=O) groups is 1. The maximum Gasteiger partial charge on any atom is 0.407 e. The van der Waals surface area contributed by atoms with Gasteiger partial charge in [0.1, 0.15) is 0 Å². The molecule has 0 aromatic rings. The van der Waals surface area contributed by atoms with Gasteiger partial charge >= 0.3 is 6.09 Å². The molecule has 2 aliphatic rings. The Bertz CT molecular complexity index is 304. The lowest BCUT2D eigenvalue weighted by Gasteiger charge is -2.42. The van der Waals surface area contributed by atoms with E-state index in [0.717, 1.165) is 12.8 Å². The van der Waals surface area contributed by atoms with Crippen LogP contribution in [0.2, 0.25) is 0 Å². The van der Waals surface area contributed by atoms with Crippen molar-refractivity contribution < 1.29 is 19.7 Å². The normalized spacial score (nSPS) is 32.2. The van der Waals surface area contributed by atoms with Gasteiger partial charge in [0, 0.05) is 31.8 Å². The van der Waals surface area contributed by atoms with Gasteiger partial charge in [-0.15, -0.1) is 0 Å². The topological polar surface area (TPSA) is 96.0 Å². The quantitative estimate of drug-likeness (QED) is 0.665. The smallest absolute Gasteiger partial charge is 0.407 e. The van der Waals surface area contributed by atoms with Crippen molar-refractivity contribution in [2.24, 2.45) is 5.73 Å².